The third-order valence-corrected chi connectivity index (χ3v) is 17.9. The van der Waals surface area contributed by atoms with E-state index in [0.717, 1.165) is 16.2 Å². The Labute approximate surface area is 294 Å². The third-order valence-electron chi connectivity index (χ3n) is 13.2. The summed E-state index contributed by atoms with van der Waals surface area (Å²) in [7, 11) is 5.60. The Balaban J connectivity index is 1.34. The smallest absolute Gasteiger partial charge is 0.190 e. The first kappa shape index (κ1) is 34.0. The fraction of sp³-hybridized carbons (Fsp3) is 0.556. The van der Waals surface area contributed by atoms with Crippen LogP contribution in [0.25, 0.3) is 27.5 Å². The van der Waals surface area contributed by atoms with Gasteiger partial charge >= 0.3 is 0 Å². The standard InChI is InChI=1S/C45H63N2Si/c1-8-10-28-45(29-11-9-2)42-31-35(38-23-17-19-33-18-15-16-22-37(33)38)24-26-39(42)41-30-34-25-27-44(40(34)32-43(41)45)48(6,7)46(47(3,4)5)36-20-13-12-14-21-36/h15-19,22-24,26,30-32,34,36,40,44H,8-14,20-21,25,27-29H2,1-7H3/q+1. The highest BCUT2D eigenvalue weighted by atomic mass is 28.3. The van der Waals surface area contributed by atoms with Crippen LogP contribution >= 0.6 is 0 Å². The summed E-state index contributed by atoms with van der Waals surface area (Å²) < 4.78 is 4.09. The van der Waals surface area contributed by atoms with Crippen LogP contribution in [0.15, 0.2) is 78.4 Å². The van der Waals surface area contributed by atoms with Gasteiger partial charge in [-0.25, -0.2) is 0 Å². The summed E-state index contributed by atoms with van der Waals surface area (Å²) in [5.41, 5.74) is 10.2. The second-order valence-electron chi connectivity index (χ2n) is 17.4. The zero-order chi connectivity index (χ0) is 33.7. The summed E-state index contributed by atoms with van der Waals surface area (Å²) in [5, 5.41) is 2.70. The first-order valence-corrected chi connectivity index (χ1v) is 22.8. The van der Waals surface area contributed by atoms with Crippen LogP contribution in [-0.2, 0) is 5.41 Å². The van der Waals surface area contributed by atoms with Gasteiger partial charge in [-0.3, -0.25) is 4.59 Å². The van der Waals surface area contributed by atoms with E-state index >= 15 is 0 Å². The molecule has 2 nitrogen and oxygen atoms in total. The average Bonchev–Trinajstić information content (AvgIpc) is 3.62. The summed E-state index contributed by atoms with van der Waals surface area (Å²) in [5.74, 6) is 1.36. The molecule has 0 radical (unpaired) electrons. The van der Waals surface area contributed by atoms with Gasteiger partial charge in [-0.1, -0.05) is 145 Å². The van der Waals surface area contributed by atoms with E-state index in [9.17, 15) is 0 Å². The molecule has 3 aromatic carbocycles. The van der Waals surface area contributed by atoms with Crippen molar-refractivity contribution in [2.75, 3.05) is 21.1 Å². The normalized spacial score (nSPS) is 24.0. The van der Waals surface area contributed by atoms with Gasteiger partial charge in [-0.05, 0) is 99.7 Å². The Hall–Kier alpha value is -2.46. The molecule has 0 aromatic heterocycles. The van der Waals surface area contributed by atoms with Crippen LogP contribution in [0.1, 0.15) is 108 Å². The summed E-state index contributed by atoms with van der Waals surface area (Å²) in [6.45, 7) is 10.3. The average molecular weight is 660 g/mol. The van der Waals surface area contributed by atoms with E-state index in [2.05, 4.69) is 126 Å². The number of fused-ring (bicyclic) bond motifs is 5. The zero-order valence-electron chi connectivity index (χ0n) is 31.3. The van der Waals surface area contributed by atoms with Gasteiger partial charge in [-0.15, -0.1) is 0 Å². The van der Waals surface area contributed by atoms with E-state index in [4.69, 9.17) is 0 Å². The van der Waals surface area contributed by atoms with Crippen molar-refractivity contribution >= 4 is 24.6 Å². The van der Waals surface area contributed by atoms with E-state index in [-0.39, 0.29) is 5.41 Å². The quantitative estimate of drug-likeness (QED) is 0.112. The van der Waals surface area contributed by atoms with Crippen molar-refractivity contribution in [3.05, 3.63) is 89.5 Å². The molecule has 48 heavy (non-hydrogen) atoms. The number of rotatable bonds is 11. The van der Waals surface area contributed by atoms with Crippen molar-refractivity contribution in [2.24, 2.45) is 11.8 Å². The van der Waals surface area contributed by atoms with Gasteiger partial charge in [0, 0.05) is 11.5 Å². The molecule has 0 amide bonds. The molecular weight excluding hydrogens is 597 g/mol. The summed E-state index contributed by atoms with van der Waals surface area (Å²) in [6.07, 6.45) is 23.2. The van der Waals surface area contributed by atoms with Crippen LogP contribution in [0.2, 0.25) is 18.6 Å². The Morgan fingerprint density at radius 2 is 1.48 bits per heavy atom. The second kappa shape index (κ2) is 13.3. The monoisotopic (exact) mass is 659 g/mol. The molecule has 7 rings (SSSR count). The fourth-order valence-corrected chi connectivity index (χ4v) is 16.6. The summed E-state index contributed by atoms with van der Waals surface area (Å²) >= 11 is 0. The number of nitrogens with zero attached hydrogens (tertiary/aromatic N) is 2. The van der Waals surface area contributed by atoms with Crippen LogP contribution in [0.4, 0.5) is 0 Å². The molecule has 0 saturated heterocycles. The molecule has 0 N–H and O–H groups in total. The van der Waals surface area contributed by atoms with E-state index in [1.165, 1.54) is 105 Å². The van der Waals surface area contributed by atoms with Crippen molar-refractivity contribution in [3.8, 4) is 11.1 Å². The number of unbranched alkanes of at least 4 members (excludes halogenated alkanes) is 2. The lowest BCUT2D eigenvalue weighted by atomic mass is 9.68. The fourth-order valence-electron chi connectivity index (χ4n) is 11.4. The van der Waals surface area contributed by atoms with Gasteiger partial charge in [0.25, 0.3) is 0 Å². The molecule has 0 spiro atoms. The highest BCUT2D eigenvalue weighted by Gasteiger charge is 2.56. The van der Waals surface area contributed by atoms with Gasteiger partial charge in [0.1, 0.15) is 0 Å². The van der Waals surface area contributed by atoms with E-state index in [0.29, 0.717) is 11.8 Å². The van der Waals surface area contributed by atoms with Gasteiger partial charge in [0.2, 0.25) is 0 Å². The molecular formula is C45H63N2Si+. The van der Waals surface area contributed by atoms with Crippen LogP contribution in [0, 0.1) is 11.8 Å². The predicted molar refractivity (Wildman–Crippen MR) is 210 cm³/mol. The number of allylic oxidation sites excluding steroid dienone is 4. The molecule has 2 fully saturated rings. The molecule has 3 atom stereocenters. The number of hydrogen-bond donors (Lipinski definition) is 0. The van der Waals surface area contributed by atoms with Crippen molar-refractivity contribution < 1.29 is 4.59 Å². The topological polar surface area (TPSA) is 3.24 Å². The number of benzene rings is 3. The molecule has 3 heteroatoms. The van der Waals surface area contributed by atoms with E-state index in [1.807, 2.05) is 0 Å². The van der Waals surface area contributed by atoms with Crippen LogP contribution in [0.3, 0.4) is 0 Å². The minimum Gasteiger partial charge on any atom is -0.258 e. The maximum atomic E-state index is 3.10. The molecule has 4 aliphatic rings. The van der Waals surface area contributed by atoms with Crippen molar-refractivity contribution in [2.45, 2.75) is 127 Å². The van der Waals surface area contributed by atoms with Crippen molar-refractivity contribution in [1.82, 2.24) is 4.67 Å². The highest BCUT2D eigenvalue weighted by Crippen LogP contribution is 2.62. The third kappa shape index (κ3) is 5.80. The number of quaternary nitrogens is 1. The lowest BCUT2D eigenvalue weighted by Gasteiger charge is -2.53. The zero-order valence-corrected chi connectivity index (χ0v) is 32.3. The molecule has 4 aliphatic carbocycles. The first-order chi connectivity index (χ1) is 23.1. The molecule has 0 aliphatic heterocycles. The van der Waals surface area contributed by atoms with Gasteiger partial charge in [0.05, 0.1) is 21.1 Å². The minimum absolute atomic E-state index is 0.126. The van der Waals surface area contributed by atoms with Crippen molar-refractivity contribution in [3.63, 3.8) is 0 Å². The first-order valence-electron chi connectivity index (χ1n) is 19.8. The maximum Gasteiger partial charge on any atom is 0.190 e. The minimum atomic E-state index is -1.80. The van der Waals surface area contributed by atoms with Crippen LogP contribution in [0.5, 0.6) is 0 Å². The molecule has 256 valence electrons. The Bertz CT molecular complexity index is 1670. The maximum absolute atomic E-state index is 3.10. The largest absolute Gasteiger partial charge is 0.258 e. The molecule has 3 aromatic rings. The van der Waals surface area contributed by atoms with Gasteiger partial charge in [0.15, 0.2) is 8.24 Å². The van der Waals surface area contributed by atoms with E-state index in [1.54, 1.807) is 22.3 Å². The lowest BCUT2D eigenvalue weighted by molar-refractivity contribution is -0.975. The van der Waals surface area contributed by atoms with Gasteiger partial charge in [-0.2, -0.15) is 4.67 Å². The lowest BCUT2D eigenvalue weighted by Crippen LogP contribution is -2.69. The summed E-state index contributed by atoms with van der Waals surface area (Å²) in [6, 6.07) is 24.2. The van der Waals surface area contributed by atoms with Crippen LogP contribution < -0.4 is 0 Å². The highest BCUT2D eigenvalue weighted by molar-refractivity contribution is 6.76. The Morgan fingerprint density at radius 1 is 0.771 bits per heavy atom. The van der Waals surface area contributed by atoms with E-state index < -0.39 is 8.24 Å². The molecule has 3 unspecified atom stereocenters. The summed E-state index contributed by atoms with van der Waals surface area (Å²) in [4.78, 5) is 0. The second-order valence-corrected chi connectivity index (χ2v) is 21.9. The SMILES string of the molecule is CCCCC1(CCCC)C2=CC3C(C=C2c2ccc(-c4cccc5ccccc45)cc21)CCC3[Si](C)(C)N(C1CCCCC1)[N+](C)(C)C. The molecule has 0 bridgehead atoms. The van der Waals surface area contributed by atoms with Gasteiger partial charge < -0.3 is 0 Å². The predicted octanol–water partition coefficient (Wildman–Crippen LogP) is 12.3. The molecule has 0 heterocycles. The van der Waals surface area contributed by atoms with Crippen molar-refractivity contribution in [1.29, 1.82) is 0 Å². The Kier molecular flexibility index (Phi) is 9.45. The van der Waals surface area contributed by atoms with Crippen LogP contribution in [-0.4, -0.2) is 44.7 Å². The number of hydrogen-bond acceptors (Lipinski definition) is 1. The molecule has 2 saturated carbocycles. The Morgan fingerprint density at radius 3 is 2.19 bits per heavy atom.